The zero-order valence-electron chi connectivity index (χ0n) is 10.6. The van der Waals surface area contributed by atoms with Crippen molar-refractivity contribution in [3.63, 3.8) is 0 Å². The summed E-state index contributed by atoms with van der Waals surface area (Å²) in [5.41, 5.74) is 1.73. The van der Waals surface area contributed by atoms with Crippen molar-refractivity contribution in [2.45, 2.75) is 12.3 Å². The van der Waals surface area contributed by atoms with E-state index in [1.165, 1.54) is 12.1 Å². The van der Waals surface area contributed by atoms with Crippen molar-refractivity contribution in [1.82, 2.24) is 0 Å². The van der Waals surface area contributed by atoms with Crippen LogP contribution >= 0.6 is 34.8 Å². The highest BCUT2D eigenvalue weighted by atomic mass is 35.5. The van der Waals surface area contributed by atoms with Crippen LogP contribution in [0.1, 0.15) is 17.9 Å². The Bertz CT molecular complexity index is 564. The van der Waals surface area contributed by atoms with Gasteiger partial charge in [0, 0.05) is 30.7 Å². The molecule has 2 rings (SSSR count). The summed E-state index contributed by atoms with van der Waals surface area (Å²) in [6.07, 6.45) is 2.42. The molecule has 5 heteroatoms. The third-order valence-corrected chi connectivity index (χ3v) is 4.50. The van der Waals surface area contributed by atoms with E-state index in [2.05, 4.69) is 0 Å². The highest BCUT2D eigenvalue weighted by Crippen LogP contribution is 2.44. The third-order valence-electron chi connectivity index (χ3n) is 3.10. The lowest BCUT2D eigenvalue weighted by Gasteiger charge is -2.26. The highest BCUT2D eigenvalue weighted by molar-refractivity contribution is 6.48. The number of anilines is 1. The Morgan fingerprint density at radius 1 is 1.21 bits per heavy atom. The summed E-state index contributed by atoms with van der Waals surface area (Å²) in [5.74, 6) is -0.452. The van der Waals surface area contributed by atoms with Gasteiger partial charge in [-0.05, 0) is 30.2 Å². The molecule has 0 fully saturated rings. The lowest BCUT2D eigenvalue weighted by atomic mass is 9.90. The summed E-state index contributed by atoms with van der Waals surface area (Å²) >= 11 is 18.3. The maximum Gasteiger partial charge on any atom is 0.123 e. The molecule has 1 aliphatic carbocycles. The van der Waals surface area contributed by atoms with Gasteiger partial charge in [0.15, 0.2) is 0 Å². The predicted octanol–water partition coefficient (Wildman–Crippen LogP) is 5.19. The Hall–Kier alpha value is -0.700. The summed E-state index contributed by atoms with van der Waals surface area (Å²) < 4.78 is 13.5. The minimum Gasteiger partial charge on any atom is -0.377 e. The third kappa shape index (κ3) is 2.91. The molecular formula is C14H13Cl3FN. The molecule has 1 aromatic rings. The number of nitrogens with zero attached hydrogens (tertiary/aromatic N) is 1. The van der Waals surface area contributed by atoms with Gasteiger partial charge in [0.05, 0.1) is 10.1 Å². The van der Waals surface area contributed by atoms with Crippen LogP contribution in [0.3, 0.4) is 0 Å². The fourth-order valence-electron chi connectivity index (χ4n) is 2.16. The first-order chi connectivity index (χ1) is 8.91. The average molecular weight is 321 g/mol. The van der Waals surface area contributed by atoms with Crippen LogP contribution in [-0.4, -0.2) is 14.1 Å². The van der Waals surface area contributed by atoms with Crippen molar-refractivity contribution in [1.29, 1.82) is 0 Å². The van der Waals surface area contributed by atoms with Crippen molar-refractivity contribution >= 4 is 40.5 Å². The first-order valence-corrected chi connectivity index (χ1v) is 6.93. The molecule has 0 saturated heterocycles. The lowest BCUT2D eigenvalue weighted by molar-refractivity contribution is 0.623. The highest BCUT2D eigenvalue weighted by Gasteiger charge is 2.26. The Kier molecular flexibility index (Phi) is 4.44. The van der Waals surface area contributed by atoms with E-state index in [0.717, 1.165) is 11.3 Å². The van der Waals surface area contributed by atoms with Crippen LogP contribution in [0, 0.1) is 5.82 Å². The normalized spacial score (nSPS) is 19.5. The predicted molar refractivity (Wildman–Crippen MR) is 80.8 cm³/mol. The standard InChI is InChI=1S/C14H13Cl3FN/c1-19(2)12-6-3-8(18)7-10(12)9-4-5-11(15)14(17)13(9)16/h3,5-7,9H,4H2,1-2H3. The fourth-order valence-corrected chi connectivity index (χ4v) is 2.91. The Morgan fingerprint density at radius 3 is 2.53 bits per heavy atom. The summed E-state index contributed by atoms with van der Waals surface area (Å²) in [4.78, 5) is 1.92. The van der Waals surface area contributed by atoms with Gasteiger partial charge in [-0.15, -0.1) is 0 Å². The second kappa shape index (κ2) is 5.74. The molecule has 0 amide bonds. The Balaban J connectivity index is 2.51. The number of hydrogen-bond donors (Lipinski definition) is 0. The molecule has 1 aromatic carbocycles. The largest absolute Gasteiger partial charge is 0.377 e. The van der Waals surface area contributed by atoms with Gasteiger partial charge in [-0.25, -0.2) is 4.39 Å². The summed E-state index contributed by atoms with van der Waals surface area (Å²) in [5, 5.41) is 1.25. The molecule has 1 atom stereocenters. The van der Waals surface area contributed by atoms with Crippen molar-refractivity contribution in [3.05, 3.63) is 50.8 Å². The fraction of sp³-hybridized carbons (Fsp3) is 0.286. The second-order valence-electron chi connectivity index (χ2n) is 4.60. The van der Waals surface area contributed by atoms with E-state index >= 15 is 0 Å². The molecule has 0 spiro atoms. The van der Waals surface area contributed by atoms with Crippen LogP contribution in [0.15, 0.2) is 39.4 Å². The SMILES string of the molecule is CN(C)c1ccc(F)cc1C1CC=C(Cl)C(Cl)=C1Cl. The molecule has 0 radical (unpaired) electrons. The van der Waals surface area contributed by atoms with E-state index in [-0.39, 0.29) is 11.7 Å². The topological polar surface area (TPSA) is 3.24 Å². The molecule has 0 aliphatic heterocycles. The average Bonchev–Trinajstić information content (AvgIpc) is 2.35. The molecule has 0 heterocycles. The van der Waals surface area contributed by atoms with Gasteiger partial charge in [-0.3, -0.25) is 0 Å². The van der Waals surface area contributed by atoms with E-state index in [9.17, 15) is 4.39 Å². The van der Waals surface area contributed by atoms with Gasteiger partial charge < -0.3 is 4.90 Å². The molecule has 0 aromatic heterocycles. The van der Waals surface area contributed by atoms with Crippen LogP contribution in [0.4, 0.5) is 10.1 Å². The molecule has 1 aliphatic rings. The van der Waals surface area contributed by atoms with Crippen molar-refractivity contribution in [2.75, 3.05) is 19.0 Å². The van der Waals surface area contributed by atoms with Crippen molar-refractivity contribution in [2.24, 2.45) is 0 Å². The molecule has 1 nitrogen and oxygen atoms in total. The van der Waals surface area contributed by atoms with Gasteiger partial charge in [0.25, 0.3) is 0 Å². The minimum atomic E-state index is -0.290. The van der Waals surface area contributed by atoms with Gasteiger partial charge in [-0.2, -0.15) is 0 Å². The van der Waals surface area contributed by atoms with E-state index in [1.54, 1.807) is 6.07 Å². The lowest BCUT2D eigenvalue weighted by Crippen LogP contribution is -2.15. The summed E-state index contributed by atoms with van der Waals surface area (Å²) in [6, 6.07) is 4.67. The van der Waals surface area contributed by atoms with Crippen molar-refractivity contribution in [3.8, 4) is 0 Å². The number of benzene rings is 1. The van der Waals surface area contributed by atoms with Crippen molar-refractivity contribution < 1.29 is 4.39 Å². The van der Waals surface area contributed by atoms with Crippen LogP contribution in [-0.2, 0) is 0 Å². The quantitative estimate of drug-likeness (QED) is 0.724. The molecule has 1 unspecified atom stereocenters. The Morgan fingerprint density at radius 2 is 1.89 bits per heavy atom. The summed E-state index contributed by atoms with van der Waals surface area (Å²) in [6.45, 7) is 0. The van der Waals surface area contributed by atoms with Crippen LogP contribution in [0.2, 0.25) is 0 Å². The first kappa shape index (κ1) is 14.7. The zero-order valence-corrected chi connectivity index (χ0v) is 12.8. The maximum atomic E-state index is 13.5. The smallest absolute Gasteiger partial charge is 0.123 e. The number of hydrogen-bond acceptors (Lipinski definition) is 1. The number of allylic oxidation sites excluding steroid dienone is 4. The number of rotatable bonds is 2. The van der Waals surface area contributed by atoms with Crippen LogP contribution in [0.5, 0.6) is 0 Å². The van der Waals surface area contributed by atoms with Crippen LogP contribution in [0.25, 0.3) is 0 Å². The minimum absolute atomic E-state index is 0.162. The zero-order chi connectivity index (χ0) is 14.2. The second-order valence-corrected chi connectivity index (χ2v) is 5.79. The van der Waals surface area contributed by atoms with Gasteiger partial charge >= 0.3 is 0 Å². The van der Waals surface area contributed by atoms with E-state index in [1.807, 2.05) is 25.1 Å². The maximum absolute atomic E-state index is 13.5. The monoisotopic (exact) mass is 319 g/mol. The molecule has 0 saturated carbocycles. The van der Waals surface area contributed by atoms with Gasteiger partial charge in [0.2, 0.25) is 0 Å². The Labute approximate surface area is 127 Å². The van der Waals surface area contributed by atoms with E-state index < -0.39 is 0 Å². The molecule has 19 heavy (non-hydrogen) atoms. The molecule has 0 N–H and O–H groups in total. The van der Waals surface area contributed by atoms with Crippen LogP contribution < -0.4 is 4.90 Å². The molecular weight excluding hydrogens is 308 g/mol. The molecule has 0 bridgehead atoms. The van der Waals surface area contributed by atoms with Gasteiger partial charge in [0.1, 0.15) is 5.82 Å². The first-order valence-electron chi connectivity index (χ1n) is 5.79. The van der Waals surface area contributed by atoms with Gasteiger partial charge in [-0.1, -0.05) is 40.9 Å². The number of halogens is 4. The summed E-state index contributed by atoms with van der Waals surface area (Å²) in [7, 11) is 3.81. The molecule has 102 valence electrons. The van der Waals surface area contributed by atoms with E-state index in [4.69, 9.17) is 34.8 Å². The van der Waals surface area contributed by atoms with E-state index in [0.29, 0.717) is 21.5 Å².